The fourth-order valence-electron chi connectivity index (χ4n) is 5.25. The minimum absolute atomic E-state index is 0.0145. The van der Waals surface area contributed by atoms with E-state index in [1.807, 2.05) is 12.1 Å². The number of aromatic amines is 1. The van der Waals surface area contributed by atoms with Crippen molar-refractivity contribution >= 4 is 28.7 Å². The van der Waals surface area contributed by atoms with Gasteiger partial charge in [0, 0.05) is 19.3 Å². The molecular formula is C35H32N4O6. The van der Waals surface area contributed by atoms with E-state index < -0.39 is 47.2 Å². The van der Waals surface area contributed by atoms with Crippen molar-refractivity contribution < 1.29 is 19.5 Å². The molecule has 0 aliphatic rings. The number of benzene rings is 4. The van der Waals surface area contributed by atoms with E-state index in [1.54, 1.807) is 103 Å². The summed E-state index contributed by atoms with van der Waals surface area (Å²) < 4.78 is 0.873. The molecule has 5 rings (SSSR count). The van der Waals surface area contributed by atoms with E-state index in [2.05, 4.69) is 15.6 Å². The molecule has 1 aromatic heterocycles. The number of carbonyl (C=O) groups is 3. The van der Waals surface area contributed by atoms with Crippen LogP contribution in [0.25, 0.3) is 10.9 Å². The number of fused-ring (bicyclic) bond motifs is 1. The Balaban J connectivity index is 1.49. The SMILES string of the molecule is O=C(O)C(Cc1ccccc1)NC(=O)C(Cc1ccccc1)NC(=O)C(Cc1ccccc1)n1c(=O)[nH]c2ccccc2c1=O. The van der Waals surface area contributed by atoms with Crippen molar-refractivity contribution in [2.75, 3.05) is 0 Å². The number of hydrogen-bond donors (Lipinski definition) is 4. The van der Waals surface area contributed by atoms with Crippen LogP contribution in [-0.2, 0) is 33.6 Å². The van der Waals surface area contributed by atoms with Crippen molar-refractivity contribution in [1.29, 1.82) is 0 Å². The van der Waals surface area contributed by atoms with Gasteiger partial charge in [-0.25, -0.2) is 14.2 Å². The fraction of sp³-hybridized carbons (Fsp3) is 0.171. The summed E-state index contributed by atoms with van der Waals surface area (Å²) in [5, 5.41) is 15.5. The molecule has 45 heavy (non-hydrogen) atoms. The number of para-hydroxylation sites is 1. The van der Waals surface area contributed by atoms with Crippen molar-refractivity contribution in [3.05, 3.63) is 153 Å². The Bertz CT molecular complexity index is 1910. The predicted octanol–water partition coefficient (Wildman–Crippen LogP) is 3.01. The predicted molar refractivity (Wildman–Crippen MR) is 170 cm³/mol. The average molecular weight is 605 g/mol. The summed E-state index contributed by atoms with van der Waals surface area (Å²) >= 11 is 0. The molecule has 10 heteroatoms. The van der Waals surface area contributed by atoms with Crippen molar-refractivity contribution in [2.45, 2.75) is 37.4 Å². The quantitative estimate of drug-likeness (QED) is 0.172. The van der Waals surface area contributed by atoms with E-state index in [0.29, 0.717) is 22.2 Å². The fourth-order valence-corrected chi connectivity index (χ4v) is 5.25. The third-order valence-electron chi connectivity index (χ3n) is 7.54. The second kappa shape index (κ2) is 14.1. The summed E-state index contributed by atoms with van der Waals surface area (Å²) in [6, 6.07) is 29.5. The lowest BCUT2D eigenvalue weighted by Gasteiger charge is -2.25. The Morgan fingerprint density at radius 1 is 0.622 bits per heavy atom. The van der Waals surface area contributed by atoms with Crippen LogP contribution in [0.15, 0.2) is 125 Å². The molecule has 5 aromatic rings. The van der Waals surface area contributed by atoms with Crippen molar-refractivity contribution in [1.82, 2.24) is 20.2 Å². The Morgan fingerprint density at radius 3 is 1.64 bits per heavy atom. The number of carboxylic acid groups (broad SMARTS) is 1. The number of nitrogens with one attached hydrogen (secondary N) is 3. The molecule has 4 N–H and O–H groups in total. The monoisotopic (exact) mass is 604 g/mol. The van der Waals surface area contributed by atoms with Gasteiger partial charge in [0.05, 0.1) is 10.9 Å². The van der Waals surface area contributed by atoms with Crippen molar-refractivity contribution in [3.8, 4) is 0 Å². The molecule has 0 spiro atoms. The first-order chi connectivity index (χ1) is 21.8. The largest absolute Gasteiger partial charge is 0.480 e. The van der Waals surface area contributed by atoms with Gasteiger partial charge in [-0.1, -0.05) is 103 Å². The topological polar surface area (TPSA) is 150 Å². The highest BCUT2D eigenvalue weighted by Crippen LogP contribution is 2.15. The van der Waals surface area contributed by atoms with Crippen LogP contribution in [0.3, 0.4) is 0 Å². The standard InChI is InChI=1S/C35H32N4O6/c40-31(37-29(34(43)44)21-24-14-6-2-7-15-24)28(20-23-12-4-1-5-13-23)36-32(41)30(22-25-16-8-3-9-17-25)39-33(42)26-18-10-11-19-27(26)38-35(39)45/h1-19,28-30H,20-22H2,(H,36,41)(H,37,40)(H,38,45)(H,43,44). The normalized spacial score (nSPS) is 13.0. The van der Waals surface area contributed by atoms with Crippen molar-refractivity contribution in [2.24, 2.45) is 0 Å². The van der Waals surface area contributed by atoms with Crippen LogP contribution < -0.4 is 21.9 Å². The molecule has 10 nitrogen and oxygen atoms in total. The van der Waals surface area contributed by atoms with Gasteiger partial charge in [-0.3, -0.25) is 14.4 Å². The number of aliphatic carboxylic acids is 1. The molecule has 3 atom stereocenters. The van der Waals surface area contributed by atoms with Gasteiger partial charge in [-0.05, 0) is 28.8 Å². The van der Waals surface area contributed by atoms with E-state index in [9.17, 15) is 29.1 Å². The van der Waals surface area contributed by atoms with Gasteiger partial charge in [-0.15, -0.1) is 0 Å². The summed E-state index contributed by atoms with van der Waals surface area (Å²) in [6.45, 7) is 0. The molecule has 0 saturated heterocycles. The van der Waals surface area contributed by atoms with Crippen LogP contribution in [0.1, 0.15) is 22.7 Å². The van der Waals surface area contributed by atoms with Crippen LogP contribution in [-0.4, -0.2) is 44.5 Å². The minimum atomic E-state index is -1.32. The van der Waals surface area contributed by atoms with E-state index in [4.69, 9.17) is 0 Å². The van der Waals surface area contributed by atoms with E-state index >= 15 is 0 Å². The minimum Gasteiger partial charge on any atom is -0.480 e. The third kappa shape index (κ3) is 7.61. The second-order valence-electron chi connectivity index (χ2n) is 10.7. The lowest BCUT2D eigenvalue weighted by Crippen LogP contribution is -2.55. The number of hydrogen-bond acceptors (Lipinski definition) is 5. The van der Waals surface area contributed by atoms with E-state index in [1.165, 1.54) is 0 Å². The summed E-state index contributed by atoms with van der Waals surface area (Å²) in [7, 11) is 0. The van der Waals surface area contributed by atoms with Crippen LogP contribution in [0.4, 0.5) is 0 Å². The van der Waals surface area contributed by atoms with E-state index in [0.717, 1.165) is 4.57 Å². The average Bonchev–Trinajstić information content (AvgIpc) is 3.05. The molecule has 0 radical (unpaired) electrons. The van der Waals surface area contributed by atoms with Gasteiger partial charge >= 0.3 is 11.7 Å². The molecule has 0 aliphatic carbocycles. The summed E-state index contributed by atoms with van der Waals surface area (Å²) in [5.74, 6) is -2.69. The Labute approximate surface area is 258 Å². The first-order valence-electron chi connectivity index (χ1n) is 14.5. The van der Waals surface area contributed by atoms with Crippen LogP contribution in [0.2, 0.25) is 0 Å². The van der Waals surface area contributed by atoms with Gasteiger partial charge in [-0.2, -0.15) is 0 Å². The maximum Gasteiger partial charge on any atom is 0.329 e. The zero-order valence-corrected chi connectivity index (χ0v) is 24.3. The molecule has 0 saturated carbocycles. The summed E-state index contributed by atoms with van der Waals surface area (Å²) in [5.41, 5.74) is 1.04. The van der Waals surface area contributed by atoms with Gasteiger partial charge in [0.15, 0.2) is 0 Å². The molecule has 2 amide bonds. The van der Waals surface area contributed by atoms with Gasteiger partial charge in [0.25, 0.3) is 5.56 Å². The van der Waals surface area contributed by atoms with Gasteiger partial charge in [0.2, 0.25) is 11.8 Å². The Hall–Kier alpha value is -5.77. The summed E-state index contributed by atoms with van der Waals surface area (Å²) in [6.07, 6.45) is 0.0585. The van der Waals surface area contributed by atoms with E-state index in [-0.39, 0.29) is 24.6 Å². The Morgan fingerprint density at radius 2 is 1.09 bits per heavy atom. The van der Waals surface area contributed by atoms with Crippen LogP contribution >= 0.6 is 0 Å². The third-order valence-corrected chi connectivity index (χ3v) is 7.54. The lowest BCUT2D eigenvalue weighted by molar-refractivity contribution is -0.142. The zero-order valence-electron chi connectivity index (χ0n) is 24.3. The smallest absolute Gasteiger partial charge is 0.329 e. The first kappa shape index (κ1) is 30.7. The zero-order chi connectivity index (χ0) is 31.8. The van der Waals surface area contributed by atoms with Gasteiger partial charge < -0.3 is 20.7 Å². The number of carboxylic acids is 1. The summed E-state index contributed by atoms with van der Waals surface area (Å²) in [4.78, 5) is 69.5. The van der Waals surface area contributed by atoms with Crippen LogP contribution in [0.5, 0.6) is 0 Å². The van der Waals surface area contributed by atoms with Gasteiger partial charge in [0.1, 0.15) is 18.1 Å². The highest BCUT2D eigenvalue weighted by atomic mass is 16.4. The molecule has 0 bridgehead atoms. The maximum atomic E-state index is 14.1. The number of aromatic nitrogens is 2. The number of H-pyrrole nitrogens is 1. The number of carbonyl (C=O) groups excluding carboxylic acids is 2. The number of nitrogens with zero attached hydrogens (tertiary/aromatic N) is 1. The molecule has 228 valence electrons. The highest BCUT2D eigenvalue weighted by Gasteiger charge is 2.31. The lowest BCUT2D eigenvalue weighted by atomic mass is 10.0. The second-order valence-corrected chi connectivity index (χ2v) is 10.7. The number of amides is 2. The Kier molecular flexibility index (Phi) is 9.64. The number of rotatable bonds is 12. The molecule has 0 aliphatic heterocycles. The highest BCUT2D eigenvalue weighted by molar-refractivity contribution is 5.92. The molecule has 0 fully saturated rings. The molecule has 3 unspecified atom stereocenters. The van der Waals surface area contributed by atoms with Crippen molar-refractivity contribution in [3.63, 3.8) is 0 Å². The first-order valence-corrected chi connectivity index (χ1v) is 14.5. The van der Waals surface area contributed by atoms with Crippen LogP contribution in [0, 0.1) is 0 Å². The maximum absolute atomic E-state index is 14.1. The molecule has 1 heterocycles. The molecule has 4 aromatic carbocycles. The molecular weight excluding hydrogens is 572 g/mol.